The van der Waals surface area contributed by atoms with Gasteiger partial charge in [-0.15, -0.1) is 0 Å². The van der Waals surface area contributed by atoms with Gasteiger partial charge in [0.05, 0.1) is 13.0 Å². The van der Waals surface area contributed by atoms with Crippen LogP contribution in [-0.2, 0) is 9.53 Å². The van der Waals surface area contributed by atoms with E-state index in [1.807, 2.05) is 32.0 Å². The van der Waals surface area contributed by atoms with Crippen molar-refractivity contribution in [2.75, 3.05) is 7.11 Å². The molecule has 1 unspecified atom stereocenters. The fraction of sp³-hybridized carbons (Fsp3) is 0.364. The van der Waals surface area contributed by atoms with Gasteiger partial charge >= 0.3 is 5.97 Å². The summed E-state index contributed by atoms with van der Waals surface area (Å²) in [4.78, 5) is 11.2. The van der Waals surface area contributed by atoms with Crippen LogP contribution in [0, 0.1) is 13.0 Å². The molecule has 1 aromatic carbocycles. The summed E-state index contributed by atoms with van der Waals surface area (Å²) in [5.74, 6) is -0.452. The molecule has 1 aromatic rings. The molecule has 0 saturated heterocycles. The molecule has 69 valence electrons. The van der Waals surface area contributed by atoms with Gasteiger partial charge in [0.1, 0.15) is 0 Å². The van der Waals surface area contributed by atoms with Crippen LogP contribution in [0.4, 0.5) is 0 Å². The number of methoxy groups -OCH3 is 1. The Hall–Kier alpha value is -1.31. The predicted molar refractivity (Wildman–Crippen MR) is 50.4 cm³/mol. The number of carbonyl (C=O) groups excluding carboxylic acids is 1. The highest BCUT2D eigenvalue weighted by atomic mass is 16.5. The molecule has 1 atom stereocenters. The fourth-order valence-corrected chi connectivity index (χ4v) is 1.16. The minimum Gasteiger partial charge on any atom is -0.469 e. The standard InChI is InChI=1S/C11H13O2/c1-8-5-4-6-10(7-8)9(2)11(12)13-3/h4-6,9H,1-3H3. The lowest BCUT2D eigenvalue weighted by Crippen LogP contribution is -2.10. The monoisotopic (exact) mass is 177 g/mol. The number of esters is 1. The maximum absolute atomic E-state index is 11.2. The normalized spacial score (nSPS) is 12.2. The van der Waals surface area contributed by atoms with Crippen molar-refractivity contribution in [2.24, 2.45) is 0 Å². The highest BCUT2D eigenvalue weighted by molar-refractivity contribution is 5.77. The Balaban J connectivity index is 2.88. The van der Waals surface area contributed by atoms with Crippen LogP contribution in [-0.4, -0.2) is 13.1 Å². The molecule has 2 nitrogen and oxygen atoms in total. The second-order valence-corrected chi connectivity index (χ2v) is 3.03. The first-order valence-electron chi connectivity index (χ1n) is 4.22. The highest BCUT2D eigenvalue weighted by Gasteiger charge is 2.15. The van der Waals surface area contributed by atoms with Gasteiger partial charge in [0, 0.05) is 0 Å². The van der Waals surface area contributed by atoms with E-state index < -0.39 is 0 Å². The number of hydrogen-bond donors (Lipinski definition) is 0. The van der Waals surface area contributed by atoms with Crippen molar-refractivity contribution < 1.29 is 9.53 Å². The summed E-state index contributed by atoms with van der Waals surface area (Å²) in [5.41, 5.74) is 1.92. The SMILES string of the molecule is COC(=O)C(C)c1[c]c(C)ccc1. The summed E-state index contributed by atoms with van der Waals surface area (Å²) < 4.78 is 4.65. The Morgan fingerprint density at radius 1 is 1.54 bits per heavy atom. The van der Waals surface area contributed by atoms with Crippen LogP contribution >= 0.6 is 0 Å². The summed E-state index contributed by atoms with van der Waals surface area (Å²) >= 11 is 0. The van der Waals surface area contributed by atoms with Gasteiger partial charge < -0.3 is 4.74 Å². The zero-order valence-electron chi connectivity index (χ0n) is 8.13. The molecule has 0 amide bonds. The van der Waals surface area contributed by atoms with Gasteiger partial charge in [-0.2, -0.15) is 0 Å². The summed E-state index contributed by atoms with van der Waals surface area (Å²) in [6.07, 6.45) is 0. The molecule has 0 fully saturated rings. The Bertz CT molecular complexity index is 305. The van der Waals surface area contributed by atoms with Crippen LogP contribution in [0.1, 0.15) is 24.0 Å². The summed E-state index contributed by atoms with van der Waals surface area (Å²) in [5, 5.41) is 0. The third kappa shape index (κ3) is 2.31. The number of hydrogen-bond acceptors (Lipinski definition) is 2. The molecule has 0 heterocycles. The Labute approximate surface area is 78.5 Å². The van der Waals surface area contributed by atoms with Gasteiger partial charge in [-0.05, 0) is 31.0 Å². The second-order valence-electron chi connectivity index (χ2n) is 3.03. The van der Waals surface area contributed by atoms with Gasteiger partial charge in [0.25, 0.3) is 0 Å². The van der Waals surface area contributed by atoms with E-state index in [0.717, 1.165) is 11.1 Å². The summed E-state index contributed by atoms with van der Waals surface area (Å²) in [6, 6.07) is 8.87. The Morgan fingerprint density at radius 2 is 2.23 bits per heavy atom. The molecule has 0 aliphatic rings. The smallest absolute Gasteiger partial charge is 0.312 e. The molecule has 13 heavy (non-hydrogen) atoms. The number of ether oxygens (including phenoxy) is 1. The largest absolute Gasteiger partial charge is 0.469 e. The topological polar surface area (TPSA) is 26.3 Å². The fourth-order valence-electron chi connectivity index (χ4n) is 1.16. The zero-order chi connectivity index (χ0) is 9.84. The van der Waals surface area contributed by atoms with E-state index in [0.29, 0.717) is 0 Å². The van der Waals surface area contributed by atoms with Gasteiger partial charge in [-0.1, -0.05) is 18.2 Å². The minimum absolute atomic E-state index is 0.221. The van der Waals surface area contributed by atoms with Crippen LogP contribution < -0.4 is 0 Å². The lowest BCUT2D eigenvalue weighted by atomic mass is 10.00. The number of aryl methyl sites for hydroxylation is 1. The molecule has 1 radical (unpaired) electrons. The third-order valence-electron chi connectivity index (χ3n) is 1.98. The van der Waals surface area contributed by atoms with Crippen LogP contribution in [0.25, 0.3) is 0 Å². The van der Waals surface area contributed by atoms with Crippen LogP contribution in [0.5, 0.6) is 0 Å². The van der Waals surface area contributed by atoms with E-state index in [-0.39, 0.29) is 11.9 Å². The molecule has 0 saturated carbocycles. The average Bonchev–Trinajstić information content (AvgIpc) is 2.15. The molecule has 0 aliphatic heterocycles. The van der Waals surface area contributed by atoms with Crippen molar-refractivity contribution in [3.63, 3.8) is 0 Å². The van der Waals surface area contributed by atoms with E-state index in [1.54, 1.807) is 0 Å². The summed E-state index contributed by atoms with van der Waals surface area (Å²) in [7, 11) is 1.40. The van der Waals surface area contributed by atoms with Crippen molar-refractivity contribution in [3.8, 4) is 0 Å². The first kappa shape index (κ1) is 9.78. The maximum Gasteiger partial charge on any atom is 0.312 e. The molecular formula is C11H13O2. The van der Waals surface area contributed by atoms with E-state index in [1.165, 1.54) is 7.11 Å². The molecular weight excluding hydrogens is 164 g/mol. The van der Waals surface area contributed by atoms with E-state index in [2.05, 4.69) is 10.8 Å². The van der Waals surface area contributed by atoms with Crippen LogP contribution in [0.2, 0.25) is 0 Å². The molecule has 0 spiro atoms. The second kappa shape index (κ2) is 4.08. The first-order valence-corrected chi connectivity index (χ1v) is 4.22. The van der Waals surface area contributed by atoms with Gasteiger partial charge in [-0.3, -0.25) is 4.79 Å². The molecule has 1 rings (SSSR count). The molecule has 0 aliphatic carbocycles. The summed E-state index contributed by atoms with van der Waals surface area (Å²) in [6.45, 7) is 3.77. The minimum atomic E-state index is -0.232. The van der Waals surface area contributed by atoms with Crippen LogP contribution in [0.15, 0.2) is 18.2 Å². The first-order chi connectivity index (χ1) is 6.15. The average molecular weight is 177 g/mol. The Morgan fingerprint density at radius 3 is 2.77 bits per heavy atom. The molecule has 0 aromatic heterocycles. The third-order valence-corrected chi connectivity index (χ3v) is 1.98. The van der Waals surface area contributed by atoms with E-state index >= 15 is 0 Å². The number of rotatable bonds is 2. The van der Waals surface area contributed by atoms with Gasteiger partial charge in [0.15, 0.2) is 0 Å². The lowest BCUT2D eigenvalue weighted by molar-refractivity contribution is -0.141. The highest BCUT2D eigenvalue weighted by Crippen LogP contribution is 2.16. The number of benzene rings is 1. The van der Waals surface area contributed by atoms with Crippen molar-refractivity contribution in [2.45, 2.75) is 19.8 Å². The van der Waals surface area contributed by atoms with E-state index in [9.17, 15) is 4.79 Å². The van der Waals surface area contributed by atoms with Crippen LogP contribution in [0.3, 0.4) is 0 Å². The van der Waals surface area contributed by atoms with Gasteiger partial charge in [-0.25, -0.2) is 0 Å². The molecule has 0 bridgehead atoms. The lowest BCUT2D eigenvalue weighted by Gasteiger charge is -2.08. The van der Waals surface area contributed by atoms with Gasteiger partial charge in [0.2, 0.25) is 0 Å². The number of carbonyl (C=O) groups is 1. The quantitative estimate of drug-likeness (QED) is 0.646. The van der Waals surface area contributed by atoms with Crippen molar-refractivity contribution in [3.05, 3.63) is 35.4 Å². The zero-order valence-corrected chi connectivity index (χ0v) is 8.13. The van der Waals surface area contributed by atoms with Crippen molar-refractivity contribution in [1.29, 1.82) is 0 Å². The molecule has 2 heteroatoms. The van der Waals surface area contributed by atoms with E-state index in [4.69, 9.17) is 0 Å². The molecule has 0 N–H and O–H groups in total. The van der Waals surface area contributed by atoms with Crippen molar-refractivity contribution in [1.82, 2.24) is 0 Å². The van der Waals surface area contributed by atoms with Crippen molar-refractivity contribution >= 4 is 5.97 Å². The maximum atomic E-state index is 11.2. The Kier molecular flexibility index (Phi) is 3.07. The predicted octanol–water partition coefficient (Wildman–Crippen LogP) is 2.07.